The number of hydrogen-bond donors (Lipinski definition) is 1. The topological polar surface area (TPSA) is 55.4 Å². The highest BCUT2D eigenvalue weighted by Gasteiger charge is 2.37. The smallest absolute Gasteiger partial charge is 0.157 e. The van der Waals surface area contributed by atoms with Gasteiger partial charge in [0.05, 0.1) is 17.1 Å². The molecule has 1 aliphatic rings. The highest BCUT2D eigenvalue weighted by molar-refractivity contribution is 7.92. The van der Waals surface area contributed by atoms with Crippen LogP contribution in [0.2, 0.25) is 0 Å². The van der Waals surface area contributed by atoms with E-state index in [2.05, 4.69) is 19.2 Å². The van der Waals surface area contributed by atoms with Crippen molar-refractivity contribution in [3.05, 3.63) is 0 Å². The van der Waals surface area contributed by atoms with E-state index in [1.807, 2.05) is 13.8 Å². The van der Waals surface area contributed by atoms with Crippen molar-refractivity contribution in [1.82, 2.24) is 5.32 Å². The van der Waals surface area contributed by atoms with Gasteiger partial charge in [0.25, 0.3) is 0 Å². The molecule has 0 radical (unpaired) electrons. The minimum absolute atomic E-state index is 0.0396. The molecule has 1 aliphatic heterocycles. The average molecular weight is 263 g/mol. The summed E-state index contributed by atoms with van der Waals surface area (Å²) in [5, 5.41) is 2.94. The fourth-order valence-electron chi connectivity index (χ4n) is 2.31. The first kappa shape index (κ1) is 14.9. The summed E-state index contributed by atoms with van der Waals surface area (Å²) >= 11 is 0. The van der Waals surface area contributed by atoms with E-state index in [0.717, 1.165) is 6.54 Å². The van der Waals surface area contributed by atoms with Crippen LogP contribution in [0.5, 0.6) is 0 Å². The van der Waals surface area contributed by atoms with Gasteiger partial charge in [-0.25, -0.2) is 8.42 Å². The van der Waals surface area contributed by atoms with Crippen LogP contribution in [-0.4, -0.2) is 44.7 Å². The van der Waals surface area contributed by atoms with E-state index < -0.39 is 9.84 Å². The predicted octanol–water partition coefficient (Wildman–Crippen LogP) is 1.21. The van der Waals surface area contributed by atoms with Gasteiger partial charge >= 0.3 is 0 Å². The van der Waals surface area contributed by atoms with Crippen LogP contribution in [0.1, 0.15) is 34.1 Å². The fourth-order valence-corrected chi connectivity index (χ4v) is 4.68. The van der Waals surface area contributed by atoms with Gasteiger partial charge in [0.15, 0.2) is 9.84 Å². The summed E-state index contributed by atoms with van der Waals surface area (Å²) in [6, 6.07) is 0.0396. The average Bonchev–Trinajstić information content (AvgIpc) is 2.64. The summed E-state index contributed by atoms with van der Waals surface area (Å²) in [4.78, 5) is 0. The number of sulfone groups is 1. The van der Waals surface area contributed by atoms with Crippen LogP contribution in [0.4, 0.5) is 0 Å². The van der Waals surface area contributed by atoms with E-state index in [1.54, 1.807) is 0 Å². The maximum atomic E-state index is 12.3. The van der Waals surface area contributed by atoms with E-state index >= 15 is 0 Å². The van der Waals surface area contributed by atoms with Gasteiger partial charge in [0.2, 0.25) is 0 Å². The predicted molar refractivity (Wildman–Crippen MR) is 69.9 cm³/mol. The minimum Gasteiger partial charge on any atom is -0.377 e. The Kier molecular flexibility index (Phi) is 5.41. The molecule has 0 bridgehead atoms. The zero-order valence-electron chi connectivity index (χ0n) is 11.3. The lowest BCUT2D eigenvalue weighted by Gasteiger charge is -2.24. The molecule has 0 aromatic heterocycles. The Balaban J connectivity index is 2.70. The van der Waals surface area contributed by atoms with Crippen molar-refractivity contribution in [1.29, 1.82) is 0 Å². The summed E-state index contributed by atoms with van der Waals surface area (Å²) in [6.07, 6.45) is 0.481. The third-order valence-electron chi connectivity index (χ3n) is 3.45. The highest BCUT2D eigenvalue weighted by atomic mass is 32.2. The molecular formula is C12H25NO3S. The van der Waals surface area contributed by atoms with Crippen LogP contribution in [0.3, 0.4) is 0 Å². The highest BCUT2D eigenvalue weighted by Crippen LogP contribution is 2.22. The zero-order chi connectivity index (χ0) is 13.1. The molecule has 0 saturated carbocycles. The van der Waals surface area contributed by atoms with Crippen molar-refractivity contribution < 1.29 is 13.2 Å². The van der Waals surface area contributed by atoms with Crippen molar-refractivity contribution in [2.75, 3.05) is 18.9 Å². The summed E-state index contributed by atoms with van der Waals surface area (Å²) in [6.45, 7) is 9.33. The number of hydrogen-bond acceptors (Lipinski definition) is 4. The SMILES string of the molecule is CCNC(CS(=O)(=O)C1CCOC1C)C(C)C. The first-order valence-electron chi connectivity index (χ1n) is 6.45. The maximum absolute atomic E-state index is 12.3. The molecule has 1 N–H and O–H groups in total. The lowest BCUT2D eigenvalue weighted by Crippen LogP contribution is -2.43. The molecule has 0 aromatic carbocycles. The summed E-state index contributed by atoms with van der Waals surface area (Å²) in [7, 11) is -3.06. The van der Waals surface area contributed by atoms with E-state index in [-0.39, 0.29) is 23.1 Å². The molecule has 1 rings (SSSR count). The number of nitrogens with one attached hydrogen (secondary N) is 1. The van der Waals surface area contributed by atoms with Gasteiger partial charge in [0, 0.05) is 12.6 Å². The van der Waals surface area contributed by atoms with Gasteiger partial charge in [-0.1, -0.05) is 20.8 Å². The Morgan fingerprint density at radius 1 is 1.41 bits per heavy atom. The molecule has 0 amide bonds. The largest absolute Gasteiger partial charge is 0.377 e. The van der Waals surface area contributed by atoms with Crippen LogP contribution < -0.4 is 5.32 Å². The molecule has 4 nitrogen and oxygen atoms in total. The first-order chi connectivity index (χ1) is 7.88. The summed E-state index contributed by atoms with van der Waals surface area (Å²) in [5.74, 6) is 0.541. The number of ether oxygens (including phenoxy) is 1. The van der Waals surface area contributed by atoms with E-state index in [9.17, 15) is 8.42 Å². The summed E-state index contributed by atoms with van der Waals surface area (Å²) < 4.78 is 30.0. The summed E-state index contributed by atoms with van der Waals surface area (Å²) in [5.41, 5.74) is 0. The Bertz CT molecular complexity index is 327. The molecule has 102 valence electrons. The quantitative estimate of drug-likeness (QED) is 0.782. The van der Waals surface area contributed by atoms with E-state index in [1.165, 1.54) is 0 Å². The van der Waals surface area contributed by atoms with Crippen molar-refractivity contribution in [3.8, 4) is 0 Å². The zero-order valence-corrected chi connectivity index (χ0v) is 12.1. The second kappa shape index (κ2) is 6.16. The van der Waals surface area contributed by atoms with Gasteiger partial charge in [-0.2, -0.15) is 0 Å². The van der Waals surface area contributed by atoms with Crippen LogP contribution in [0.15, 0.2) is 0 Å². The van der Waals surface area contributed by atoms with Crippen LogP contribution >= 0.6 is 0 Å². The molecular weight excluding hydrogens is 238 g/mol. The standard InChI is InChI=1S/C12H25NO3S/c1-5-13-11(9(2)3)8-17(14,15)12-6-7-16-10(12)4/h9-13H,5-8H2,1-4H3. The number of rotatable bonds is 6. The molecule has 3 atom stereocenters. The second-order valence-corrected chi connectivity index (χ2v) is 7.41. The minimum atomic E-state index is -3.06. The fraction of sp³-hybridized carbons (Fsp3) is 1.00. The van der Waals surface area contributed by atoms with Crippen molar-refractivity contribution in [2.24, 2.45) is 5.92 Å². The third kappa shape index (κ3) is 3.93. The van der Waals surface area contributed by atoms with E-state index in [0.29, 0.717) is 18.9 Å². The molecule has 0 spiro atoms. The molecule has 17 heavy (non-hydrogen) atoms. The maximum Gasteiger partial charge on any atom is 0.157 e. The van der Waals surface area contributed by atoms with Gasteiger partial charge in [-0.05, 0) is 25.8 Å². The lowest BCUT2D eigenvalue weighted by atomic mass is 10.1. The monoisotopic (exact) mass is 263 g/mol. The van der Waals surface area contributed by atoms with Crippen LogP contribution in [0.25, 0.3) is 0 Å². The van der Waals surface area contributed by atoms with Crippen molar-refractivity contribution in [2.45, 2.75) is 51.5 Å². The van der Waals surface area contributed by atoms with Crippen molar-refractivity contribution >= 4 is 9.84 Å². The van der Waals surface area contributed by atoms with E-state index in [4.69, 9.17) is 4.74 Å². The molecule has 1 saturated heterocycles. The molecule has 1 fully saturated rings. The molecule has 5 heteroatoms. The van der Waals surface area contributed by atoms with Gasteiger partial charge in [-0.3, -0.25) is 0 Å². The Morgan fingerprint density at radius 2 is 2.06 bits per heavy atom. The van der Waals surface area contributed by atoms with Gasteiger partial charge in [-0.15, -0.1) is 0 Å². The first-order valence-corrected chi connectivity index (χ1v) is 8.16. The normalized spacial score (nSPS) is 27.6. The van der Waals surface area contributed by atoms with Gasteiger partial charge in [0.1, 0.15) is 0 Å². The van der Waals surface area contributed by atoms with Crippen LogP contribution in [-0.2, 0) is 14.6 Å². The Morgan fingerprint density at radius 3 is 2.47 bits per heavy atom. The third-order valence-corrected chi connectivity index (χ3v) is 5.82. The lowest BCUT2D eigenvalue weighted by molar-refractivity contribution is 0.126. The molecule has 0 aromatic rings. The molecule has 3 unspecified atom stereocenters. The van der Waals surface area contributed by atoms with Gasteiger partial charge < -0.3 is 10.1 Å². The van der Waals surface area contributed by atoms with Crippen LogP contribution in [0, 0.1) is 5.92 Å². The molecule has 1 heterocycles. The molecule has 0 aliphatic carbocycles. The Labute approximate surface area is 105 Å². The van der Waals surface area contributed by atoms with Crippen molar-refractivity contribution in [3.63, 3.8) is 0 Å². The second-order valence-electron chi connectivity index (χ2n) is 5.14. The Hall–Kier alpha value is -0.130.